The van der Waals surface area contributed by atoms with Gasteiger partial charge in [0.1, 0.15) is 23.0 Å². The highest BCUT2D eigenvalue weighted by Gasteiger charge is 2.34. The number of nitrogens with one attached hydrogen (secondary N) is 1. The van der Waals surface area contributed by atoms with E-state index in [-0.39, 0.29) is 28.3 Å². The summed E-state index contributed by atoms with van der Waals surface area (Å²) < 4.78 is 63.9. The number of pyridine rings is 1. The molecule has 1 aromatic heterocycles. The van der Waals surface area contributed by atoms with Crippen LogP contribution in [0.2, 0.25) is 0 Å². The van der Waals surface area contributed by atoms with Gasteiger partial charge in [-0.15, -0.1) is 0 Å². The Morgan fingerprint density at radius 3 is 2.37 bits per heavy atom. The zero-order chi connectivity index (χ0) is 21.9. The standard InChI is InChI=1S/C21H16F4N2O3/c1-29-17-8-6-13(11-15(17)21(23,24)25)27-20(28)12-5-7-14(16(22)10-12)19-18(30-2)4-3-9-26-19/h3-11H,1-2H3,(H,27,28). The lowest BCUT2D eigenvalue weighted by molar-refractivity contribution is -0.138. The number of rotatable bonds is 5. The molecule has 1 heterocycles. The molecule has 0 saturated heterocycles. The number of anilines is 1. The second-order valence-corrected chi connectivity index (χ2v) is 6.12. The molecule has 2 aromatic carbocycles. The van der Waals surface area contributed by atoms with Gasteiger partial charge in [-0.1, -0.05) is 0 Å². The van der Waals surface area contributed by atoms with Crippen LogP contribution in [0.5, 0.6) is 11.5 Å². The predicted molar refractivity (Wildman–Crippen MR) is 102 cm³/mol. The second kappa shape index (κ2) is 8.40. The minimum atomic E-state index is -4.67. The molecule has 0 aliphatic carbocycles. The van der Waals surface area contributed by atoms with Crippen molar-refractivity contribution in [2.75, 3.05) is 19.5 Å². The van der Waals surface area contributed by atoms with Crippen molar-refractivity contribution >= 4 is 11.6 Å². The first-order valence-corrected chi connectivity index (χ1v) is 8.60. The summed E-state index contributed by atoms with van der Waals surface area (Å²) in [4.78, 5) is 16.5. The van der Waals surface area contributed by atoms with Crippen LogP contribution in [0.15, 0.2) is 54.7 Å². The van der Waals surface area contributed by atoms with E-state index in [1.54, 1.807) is 12.1 Å². The molecule has 0 fully saturated rings. The number of ether oxygens (including phenoxy) is 2. The molecule has 9 heteroatoms. The topological polar surface area (TPSA) is 60.5 Å². The molecule has 156 valence electrons. The van der Waals surface area contributed by atoms with Crippen LogP contribution in [-0.2, 0) is 6.18 Å². The zero-order valence-corrected chi connectivity index (χ0v) is 15.9. The van der Waals surface area contributed by atoms with Crippen LogP contribution in [-0.4, -0.2) is 25.1 Å². The Labute approximate surface area is 169 Å². The molecular formula is C21H16F4N2O3. The van der Waals surface area contributed by atoms with Crippen molar-refractivity contribution in [2.24, 2.45) is 0 Å². The minimum absolute atomic E-state index is 0.0736. The number of hydrogen-bond donors (Lipinski definition) is 1. The Morgan fingerprint density at radius 1 is 1.00 bits per heavy atom. The number of hydrogen-bond acceptors (Lipinski definition) is 4. The molecule has 5 nitrogen and oxygen atoms in total. The Bertz CT molecular complexity index is 1080. The number of benzene rings is 2. The van der Waals surface area contributed by atoms with E-state index in [9.17, 15) is 22.4 Å². The molecule has 0 unspecified atom stereocenters. The van der Waals surface area contributed by atoms with E-state index in [0.29, 0.717) is 5.75 Å². The van der Waals surface area contributed by atoms with Crippen LogP contribution in [0.1, 0.15) is 15.9 Å². The molecule has 0 atom stereocenters. The maximum Gasteiger partial charge on any atom is 0.420 e. The van der Waals surface area contributed by atoms with Gasteiger partial charge in [-0.2, -0.15) is 13.2 Å². The van der Waals surface area contributed by atoms with Gasteiger partial charge in [0.05, 0.1) is 19.8 Å². The molecule has 3 rings (SSSR count). The van der Waals surface area contributed by atoms with E-state index < -0.39 is 23.5 Å². The fourth-order valence-corrected chi connectivity index (χ4v) is 2.82. The molecule has 1 amide bonds. The van der Waals surface area contributed by atoms with Crippen molar-refractivity contribution in [1.82, 2.24) is 4.98 Å². The Kier molecular flexibility index (Phi) is 5.91. The van der Waals surface area contributed by atoms with Gasteiger partial charge in [0.15, 0.2) is 0 Å². The monoisotopic (exact) mass is 420 g/mol. The third-order valence-electron chi connectivity index (χ3n) is 4.24. The van der Waals surface area contributed by atoms with Gasteiger partial charge in [-0.25, -0.2) is 4.39 Å². The lowest BCUT2D eigenvalue weighted by Crippen LogP contribution is -2.14. The number of alkyl halides is 3. The first-order valence-electron chi connectivity index (χ1n) is 8.60. The Hall–Kier alpha value is -3.62. The third kappa shape index (κ3) is 4.35. The highest BCUT2D eigenvalue weighted by atomic mass is 19.4. The predicted octanol–water partition coefficient (Wildman–Crippen LogP) is 5.18. The smallest absolute Gasteiger partial charge is 0.420 e. The van der Waals surface area contributed by atoms with Gasteiger partial charge in [-0.3, -0.25) is 9.78 Å². The minimum Gasteiger partial charge on any atom is -0.496 e. The molecule has 0 saturated carbocycles. The normalized spacial score (nSPS) is 11.1. The highest BCUT2D eigenvalue weighted by molar-refractivity contribution is 6.04. The maximum absolute atomic E-state index is 14.6. The summed E-state index contributed by atoms with van der Waals surface area (Å²) in [5.41, 5.74) is -0.839. The summed E-state index contributed by atoms with van der Waals surface area (Å²) in [6.07, 6.45) is -3.19. The summed E-state index contributed by atoms with van der Waals surface area (Å²) in [6, 6.07) is 10.0. The maximum atomic E-state index is 14.6. The molecule has 0 bridgehead atoms. The van der Waals surface area contributed by atoms with E-state index in [0.717, 1.165) is 25.3 Å². The summed E-state index contributed by atoms with van der Waals surface area (Å²) in [5, 5.41) is 2.33. The van der Waals surface area contributed by atoms with Crippen LogP contribution >= 0.6 is 0 Å². The Morgan fingerprint density at radius 2 is 1.73 bits per heavy atom. The molecule has 30 heavy (non-hydrogen) atoms. The average Bonchev–Trinajstić information content (AvgIpc) is 2.73. The van der Waals surface area contributed by atoms with Crippen molar-refractivity contribution in [3.05, 3.63) is 71.7 Å². The number of carbonyl (C=O) groups is 1. The number of amides is 1. The van der Waals surface area contributed by atoms with Crippen molar-refractivity contribution < 1.29 is 31.8 Å². The van der Waals surface area contributed by atoms with Crippen LogP contribution < -0.4 is 14.8 Å². The third-order valence-corrected chi connectivity index (χ3v) is 4.24. The van der Waals surface area contributed by atoms with Crippen LogP contribution in [0.25, 0.3) is 11.3 Å². The zero-order valence-electron chi connectivity index (χ0n) is 15.9. The fourth-order valence-electron chi connectivity index (χ4n) is 2.82. The molecule has 1 N–H and O–H groups in total. The second-order valence-electron chi connectivity index (χ2n) is 6.12. The summed E-state index contributed by atoms with van der Waals surface area (Å²) in [5.74, 6) is -1.52. The van der Waals surface area contributed by atoms with Crippen LogP contribution in [0, 0.1) is 5.82 Å². The Balaban J connectivity index is 1.87. The molecular weight excluding hydrogens is 404 g/mol. The van der Waals surface area contributed by atoms with E-state index in [1.807, 2.05) is 0 Å². The molecule has 0 radical (unpaired) electrons. The van der Waals surface area contributed by atoms with E-state index in [2.05, 4.69) is 10.3 Å². The number of halogens is 4. The largest absolute Gasteiger partial charge is 0.496 e. The highest BCUT2D eigenvalue weighted by Crippen LogP contribution is 2.38. The fraction of sp³-hybridized carbons (Fsp3) is 0.143. The number of aromatic nitrogens is 1. The van der Waals surface area contributed by atoms with E-state index in [4.69, 9.17) is 9.47 Å². The van der Waals surface area contributed by atoms with Crippen molar-refractivity contribution in [3.8, 4) is 22.8 Å². The van der Waals surface area contributed by atoms with Gasteiger partial charge in [0.2, 0.25) is 0 Å². The van der Waals surface area contributed by atoms with Gasteiger partial charge in [0, 0.05) is 23.0 Å². The van der Waals surface area contributed by atoms with Gasteiger partial charge in [-0.05, 0) is 48.5 Å². The molecule has 3 aromatic rings. The van der Waals surface area contributed by atoms with Gasteiger partial charge >= 0.3 is 6.18 Å². The van der Waals surface area contributed by atoms with E-state index >= 15 is 0 Å². The van der Waals surface area contributed by atoms with Gasteiger partial charge < -0.3 is 14.8 Å². The molecule has 0 spiro atoms. The van der Waals surface area contributed by atoms with E-state index in [1.165, 1.54) is 31.5 Å². The van der Waals surface area contributed by atoms with Crippen molar-refractivity contribution in [2.45, 2.75) is 6.18 Å². The average molecular weight is 420 g/mol. The molecule has 0 aliphatic heterocycles. The quantitative estimate of drug-likeness (QED) is 0.578. The van der Waals surface area contributed by atoms with Crippen molar-refractivity contribution in [1.29, 1.82) is 0 Å². The summed E-state index contributed by atoms with van der Waals surface area (Å²) >= 11 is 0. The lowest BCUT2D eigenvalue weighted by atomic mass is 10.1. The SMILES string of the molecule is COc1ccc(NC(=O)c2ccc(-c3ncccc3OC)c(F)c2)cc1C(F)(F)F. The van der Waals surface area contributed by atoms with Crippen LogP contribution in [0.4, 0.5) is 23.2 Å². The number of carbonyl (C=O) groups excluding carboxylic acids is 1. The summed E-state index contributed by atoms with van der Waals surface area (Å²) in [7, 11) is 2.54. The molecule has 0 aliphatic rings. The van der Waals surface area contributed by atoms with Crippen LogP contribution in [0.3, 0.4) is 0 Å². The first kappa shape index (κ1) is 21.1. The summed E-state index contributed by atoms with van der Waals surface area (Å²) in [6.45, 7) is 0. The lowest BCUT2D eigenvalue weighted by Gasteiger charge is -2.14. The first-order chi connectivity index (χ1) is 14.2. The number of nitrogens with zero attached hydrogens (tertiary/aromatic N) is 1. The van der Waals surface area contributed by atoms with Gasteiger partial charge in [0.25, 0.3) is 5.91 Å². The van der Waals surface area contributed by atoms with Crippen molar-refractivity contribution in [3.63, 3.8) is 0 Å². The number of methoxy groups -OCH3 is 2.